The molecule has 4 heteroatoms. The molecule has 4 rings (SSSR count). The van der Waals surface area contributed by atoms with Crippen molar-refractivity contribution in [2.45, 2.75) is 63.9 Å². The smallest absolute Gasteiger partial charge is 0.303 e. The first-order valence-electron chi connectivity index (χ1n) is 9.59. The lowest BCUT2D eigenvalue weighted by Gasteiger charge is -2.51. The van der Waals surface area contributed by atoms with Crippen molar-refractivity contribution in [3.8, 4) is 0 Å². The molecule has 136 valence electrons. The topological polar surface area (TPSA) is 57.5 Å². The highest BCUT2D eigenvalue weighted by molar-refractivity contribution is 5.66. The van der Waals surface area contributed by atoms with Gasteiger partial charge in [-0.1, -0.05) is 19.1 Å². The van der Waals surface area contributed by atoms with Crippen LogP contribution in [0.5, 0.6) is 0 Å². The van der Waals surface area contributed by atoms with E-state index in [9.17, 15) is 14.3 Å². The van der Waals surface area contributed by atoms with E-state index in [2.05, 4.69) is 13.0 Å². The van der Waals surface area contributed by atoms with E-state index in [0.29, 0.717) is 30.6 Å². The number of aliphatic carboxylic acids is 1. The van der Waals surface area contributed by atoms with Gasteiger partial charge in [0, 0.05) is 6.42 Å². The Balaban J connectivity index is 1.67. The fourth-order valence-electron chi connectivity index (χ4n) is 6.44. The SMILES string of the molecule is C[C@]12CC[C@@H]3c4cccc(F)c4CC[C@H]3[C@@H]1[C@H](CCC(=O)O)CC2O. The predicted octanol–water partition coefficient (Wildman–Crippen LogP) is 4.13. The fourth-order valence-corrected chi connectivity index (χ4v) is 6.44. The summed E-state index contributed by atoms with van der Waals surface area (Å²) in [5, 5.41) is 19.8. The van der Waals surface area contributed by atoms with Crippen molar-refractivity contribution in [3.05, 3.63) is 35.1 Å². The molecule has 3 aliphatic carbocycles. The number of aliphatic hydroxyl groups is 1. The van der Waals surface area contributed by atoms with Crippen LogP contribution in [0.4, 0.5) is 4.39 Å². The fraction of sp³-hybridized carbons (Fsp3) is 0.667. The number of carboxylic acid groups (broad SMARTS) is 1. The Morgan fingerprint density at radius 3 is 2.92 bits per heavy atom. The van der Waals surface area contributed by atoms with Gasteiger partial charge in [-0.3, -0.25) is 4.79 Å². The first-order chi connectivity index (χ1) is 11.9. The molecule has 6 atom stereocenters. The third kappa shape index (κ3) is 2.61. The second kappa shape index (κ2) is 6.08. The van der Waals surface area contributed by atoms with Crippen molar-refractivity contribution in [3.63, 3.8) is 0 Å². The van der Waals surface area contributed by atoms with Crippen molar-refractivity contribution in [2.75, 3.05) is 0 Å². The van der Waals surface area contributed by atoms with Gasteiger partial charge in [0.05, 0.1) is 6.10 Å². The van der Waals surface area contributed by atoms with Gasteiger partial charge in [0.2, 0.25) is 0 Å². The number of aliphatic hydroxyl groups excluding tert-OH is 1. The van der Waals surface area contributed by atoms with Crippen LogP contribution in [0, 0.1) is 29.0 Å². The summed E-state index contributed by atoms with van der Waals surface area (Å²) in [7, 11) is 0. The van der Waals surface area contributed by atoms with E-state index in [1.54, 1.807) is 6.07 Å². The first-order valence-corrected chi connectivity index (χ1v) is 9.59. The Labute approximate surface area is 148 Å². The molecule has 0 radical (unpaired) electrons. The number of carbonyl (C=O) groups is 1. The van der Waals surface area contributed by atoms with Gasteiger partial charge in [-0.2, -0.15) is 0 Å². The minimum atomic E-state index is -0.758. The zero-order chi connectivity index (χ0) is 17.8. The van der Waals surface area contributed by atoms with Gasteiger partial charge in [0.1, 0.15) is 5.82 Å². The first kappa shape index (κ1) is 17.0. The Bertz CT molecular complexity index is 688. The van der Waals surface area contributed by atoms with Crippen molar-refractivity contribution in [1.29, 1.82) is 0 Å². The summed E-state index contributed by atoms with van der Waals surface area (Å²) in [6.45, 7) is 2.19. The van der Waals surface area contributed by atoms with Crippen molar-refractivity contribution >= 4 is 5.97 Å². The summed E-state index contributed by atoms with van der Waals surface area (Å²) in [6, 6.07) is 5.45. The quantitative estimate of drug-likeness (QED) is 0.865. The molecule has 0 aliphatic heterocycles. The second-order valence-corrected chi connectivity index (χ2v) is 8.63. The number of carboxylic acids is 1. The summed E-state index contributed by atoms with van der Waals surface area (Å²) in [5.41, 5.74) is 1.93. The molecule has 1 aromatic rings. The zero-order valence-electron chi connectivity index (χ0n) is 14.7. The molecule has 25 heavy (non-hydrogen) atoms. The van der Waals surface area contributed by atoms with Gasteiger partial charge in [-0.25, -0.2) is 4.39 Å². The van der Waals surface area contributed by atoms with Crippen LogP contribution in [0.3, 0.4) is 0 Å². The Kier molecular flexibility index (Phi) is 4.14. The van der Waals surface area contributed by atoms with Crippen LogP contribution in [-0.4, -0.2) is 22.3 Å². The van der Waals surface area contributed by atoms with Crippen LogP contribution in [0.1, 0.15) is 62.5 Å². The molecule has 2 saturated carbocycles. The minimum absolute atomic E-state index is 0.0850. The predicted molar refractivity (Wildman–Crippen MR) is 92.8 cm³/mol. The number of benzene rings is 1. The van der Waals surface area contributed by atoms with E-state index < -0.39 is 5.97 Å². The summed E-state index contributed by atoms with van der Waals surface area (Å²) < 4.78 is 14.2. The molecule has 0 saturated heterocycles. The van der Waals surface area contributed by atoms with Crippen LogP contribution in [-0.2, 0) is 11.2 Å². The van der Waals surface area contributed by atoms with E-state index in [1.807, 2.05) is 6.07 Å². The molecule has 0 aromatic heterocycles. The van der Waals surface area contributed by atoms with E-state index >= 15 is 0 Å². The normalized spacial score (nSPS) is 39.4. The summed E-state index contributed by atoms with van der Waals surface area (Å²) in [4.78, 5) is 11.1. The molecule has 2 fully saturated rings. The van der Waals surface area contributed by atoms with Gasteiger partial charge in [-0.05, 0) is 84.8 Å². The van der Waals surface area contributed by atoms with Gasteiger partial charge in [0.25, 0.3) is 0 Å². The van der Waals surface area contributed by atoms with E-state index in [-0.39, 0.29) is 29.7 Å². The molecule has 1 aromatic carbocycles. The summed E-state index contributed by atoms with van der Waals surface area (Å²) in [6.07, 6.45) is 4.85. The largest absolute Gasteiger partial charge is 0.481 e. The highest BCUT2D eigenvalue weighted by Gasteiger charge is 2.58. The standard InChI is InChI=1S/C21H27FO3/c1-21-10-9-14-13-3-2-4-17(22)15(13)6-7-16(14)20(21)12(11-18(21)23)5-8-19(24)25/h2-4,12,14,16,18,20,23H,5-11H2,1H3,(H,24,25)/t12-,14-,16-,18?,20+,21-/m1/s1. The van der Waals surface area contributed by atoms with Gasteiger partial charge >= 0.3 is 5.97 Å². The Morgan fingerprint density at radius 1 is 1.36 bits per heavy atom. The molecular weight excluding hydrogens is 319 g/mol. The third-order valence-electron chi connectivity index (χ3n) is 7.54. The van der Waals surface area contributed by atoms with Crippen LogP contribution in [0.2, 0.25) is 0 Å². The van der Waals surface area contributed by atoms with Gasteiger partial charge < -0.3 is 10.2 Å². The molecule has 1 unspecified atom stereocenters. The van der Waals surface area contributed by atoms with E-state index in [0.717, 1.165) is 36.8 Å². The highest BCUT2D eigenvalue weighted by Crippen LogP contribution is 2.63. The number of hydrogen-bond donors (Lipinski definition) is 2. The number of halogens is 1. The zero-order valence-corrected chi connectivity index (χ0v) is 14.7. The van der Waals surface area contributed by atoms with Crippen LogP contribution >= 0.6 is 0 Å². The van der Waals surface area contributed by atoms with Crippen molar-refractivity contribution < 1.29 is 19.4 Å². The highest BCUT2D eigenvalue weighted by atomic mass is 19.1. The lowest BCUT2D eigenvalue weighted by atomic mass is 9.53. The van der Waals surface area contributed by atoms with Crippen LogP contribution in [0.15, 0.2) is 18.2 Å². The van der Waals surface area contributed by atoms with Crippen LogP contribution < -0.4 is 0 Å². The maximum atomic E-state index is 14.2. The molecule has 0 bridgehead atoms. The number of fused-ring (bicyclic) bond motifs is 5. The molecule has 0 amide bonds. The second-order valence-electron chi connectivity index (χ2n) is 8.63. The van der Waals surface area contributed by atoms with E-state index in [1.165, 1.54) is 0 Å². The molecule has 0 spiro atoms. The van der Waals surface area contributed by atoms with Crippen molar-refractivity contribution in [1.82, 2.24) is 0 Å². The number of hydrogen-bond acceptors (Lipinski definition) is 2. The van der Waals surface area contributed by atoms with Crippen LogP contribution in [0.25, 0.3) is 0 Å². The molecule has 3 nitrogen and oxygen atoms in total. The maximum Gasteiger partial charge on any atom is 0.303 e. The molecule has 2 N–H and O–H groups in total. The summed E-state index contributed by atoms with van der Waals surface area (Å²) in [5.74, 6) is 0.555. The maximum absolute atomic E-state index is 14.2. The molecular formula is C21H27FO3. The number of rotatable bonds is 3. The lowest BCUT2D eigenvalue weighted by molar-refractivity contribution is -0.137. The van der Waals surface area contributed by atoms with Gasteiger partial charge in [-0.15, -0.1) is 0 Å². The average Bonchev–Trinajstić information content (AvgIpc) is 2.84. The Morgan fingerprint density at radius 2 is 2.16 bits per heavy atom. The Hall–Kier alpha value is -1.42. The monoisotopic (exact) mass is 346 g/mol. The molecule has 3 aliphatic rings. The van der Waals surface area contributed by atoms with E-state index in [4.69, 9.17) is 5.11 Å². The third-order valence-corrected chi connectivity index (χ3v) is 7.54. The van der Waals surface area contributed by atoms with Crippen molar-refractivity contribution in [2.24, 2.45) is 23.2 Å². The summed E-state index contributed by atoms with van der Waals surface area (Å²) >= 11 is 0. The average molecular weight is 346 g/mol. The minimum Gasteiger partial charge on any atom is -0.481 e. The lowest BCUT2D eigenvalue weighted by Crippen LogP contribution is -2.45. The molecule has 0 heterocycles. The van der Waals surface area contributed by atoms with Gasteiger partial charge in [0.15, 0.2) is 0 Å².